The van der Waals surface area contributed by atoms with Crippen LogP contribution in [0.2, 0.25) is 0 Å². The Labute approximate surface area is 297 Å². The molecule has 2 heteroatoms. The maximum absolute atomic E-state index is 4.99. The van der Waals surface area contributed by atoms with E-state index in [1.54, 1.807) is 0 Å². The van der Waals surface area contributed by atoms with Gasteiger partial charge in [-0.15, -0.1) is 0 Å². The van der Waals surface area contributed by atoms with Crippen molar-refractivity contribution in [3.8, 4) is 22.3 Å². The predicted octanol–water partition coefficient (Wildman–Crippen LogP) is 13.6. The molecule has 1 aromatic heterocycles. The first-order valence-electron chi connectivity index (χ1n) is 18.3. The van der Waals surface area contributed by atoms with Crippen LogP contribution in [0.4, 0.5) is 0 Å². The van der Waals surface area contributed by atoms with Crippen LogP contribution in [0.3, 0.4) is 0 Å². The summed E-state index contributed by atoms with van der Waals surface area (Å²) in [5.74, 6) is 0. The van der Waals surface area contributed by atoms with Crippen molar-refractivity contribution < 1.29 is 0 Å². The Morgan fingerprint density at radius 3 is 2.12 bits per heavy atom. The second kappa shape index (κ2) is 16.9. The van der Waals surface area contributed by atoms with E-state index < -0.39 is 0 Å². The van der Waals surface area contributed by atoms with E-state index in [2.05, 4.69) is 147 Å². The molecular weight excluding hydrogens is 593 g/mol. The van der Waals surface area contributed by atoms with Crippen molar-refractivity contribution in [2.45, 2.75) is 101 Å². The molecule has 0 radical (unpaired) electrons. The SMILES string of the molecule is C=C(C)Cc1c(C)cc2cc(-c3ccc(/C(C=NC)=C/C)cc3)ccc2c1-c1ccc2c3c(ccnc13)CCC2.CCC.CCC(C)(C)C. The van der Waals surface area contributed by atoms with Crippen molar-refractivity contribution in [2.24, 2.45) is 10.4 Å². The van der Waals surface area contributed by atoms with Gasteiger partial charge >= 0.3 is 0 Å². The van der Waals surface area contributed by atoms with Crippen LogP contribution in [0.15, 0.2) is 96.1 Å². The summed E-state index contributed by atoms with van der Waals surface area (Å²) in [6.45, 7) is 23.9. The number of rotatable bonds is 6. The Balaban J connectivity index is 0.000000537. The van der Waals surface area contributed by atoms with Gasteiger partial charge in [0, 0.05) is 30.4 Å². The molecule has 1 heterocycles. The zero-order valence-electron chi connectivity index (χ0n) is 31.9. The average molecular weight is 651 g/mol. The fourth-order valence-electron chi connectivity index (χ4n) is 6.41. The fourth-order valence-corrected chi connectivity index (χ4v) is 6.41. The Morgan fingerprint density at radius 1 is 0.898 bits per heavy atom. The number of aryl methyl sites for hydroxylation is 3. The highest BCUT2D eigenvalue weighted by Gasteiger charge is 2.21. The van der Waals surface area contributed by atoms with Gasteiger partial charge in [-0.1, -0.05) is 127 Å². The lowest BCUT2D eigenvalue weighted by molar-refractivity contribution is 0.398. The van der Waals surface area contributed by atoms with E-state index in [0.29, 0.717) is 5.41 Å². The van der Waals surface area contributed by atoms with Crippen molar-refractivity contribution in [2.75, 3.05) is 7.05 Å². The highest BCUT2D eigenvalue weighted by Crippen LogP contribution is 2.42. The number of aromatic nitrogens is 1. The molecule has 1 aliphatic carbocycles. The van der Waals surface area contributed by atoms with Gasteiger partial charge in [0.05, 0.1) is 5.52 Å². The predicted molar refractivity (Wildman–Crippen MR) is 219 cm³/mol. The molecule has 0 saturated carbocycles. The molecule has 0 atom stereocenters. The molecule has 49 heavy (non-hydrogen) atoms. The van der Waals surface area contributed by atoms with Gasteiger partial charge in [0.25, 0.3) is 0 Å². The number of pyridine rings is 1. The number of aliphatic imine (C=N–C) groups is 1. The molecule has 0 aliphatic heterocycles. The highest BCUT2D eigenvalue weighted by molar-refractivity contribution is 6.10. The van der Waals surface area contributed by atoms with Gasteiger partial charge < -0.3 is 0 Å². The molecule has 0 saturated heterocycles. The van der Waals surface area contributed by atoms with Crippen LogP contribution < -0.4 is 0 Å². The molecule has 2 nitrogen and oxygen atoms in total. The number of benzene rings is 4. The van der Waals surface area contributed by atoms with Crippen molar-refractivity contribution in [3.05, 3.63) is 119 Å². The molecule has 6 rings (SSSR count). The van der Waals surface area contributed by atoms with Gasteiger partial charge in [-0.05, 0) is 125 Å². The van der Waals surface area contributed by atoms with Crippen molar-refractivity contribution in [1.82, 2.24) is 4.98 Å². The van der Waals surface area contributed by atoms with E-state index in [4.69, 9.17) is 4.98 Å². The van der Waals surface area contributed by atoms with Crippen LogP contribution in [0, 0.1) is 12.3 Å². The van der Waals surface area contributed by atoms with Gasteiger partial charge in [-0.25, -0.2) is 0 Å². The topological polar surface area (TPSA) is 25.2 Å². The minimum atomic E-state index is 0.542. The molecule has 4 aromatic carbocycles. The van der Waals surface area contributed by atoms with Gasteiger partial charge in [0.2, 0.25) is 0 Å². The van der Waals surface area contributed by atoms with Gasteiger partial charge in [0.1, 0.15) is 0 Å². The van der Waals surface area contributed by atoms with Crippen LogP contribution in [0.5, 0.6) is 0 Å². The summed E-state index contributed by atoms with van der Waals surface area (Å²) >= 11 is 0. The van der Waals surface area contributed by atoms with E-state index >= 15 is 0 Å². The summed E-state index contributed by atoms with van der Waals surface area (Å²) < 4.78 is 0. The van der Waals surface area contributed by atoms with Crippen molar-refractivity contribution >= 4 is 33.5 Å². The summed E-state index contributed by atoms with van der Waals surface area (Å²) in [5.41, 5.74) is 15.7. The molecule has 0 spiro atoms. The standard InChI is InChI=1S/C38H36N2.C6H14.C3H8/c1-6-26(23-39-5)27-10-12-28(13-11-27)31-15-16-33-32(22-31)21-25(4)35(20-24(2)3)37(33)34-17-14-29-8-7-9-30-18-19-40-38(34)36(29)30;1-5-6(2,3)4;1-3-2/h6,10-19,21-23H,2,7-9,20H2,1,3-5H3;5H2,1-4H3;3H2,1-2H3/b26-6+,39-23?;;. The number of hydrogen-bond acceptors (Lipinski definition) is 2. The summed E-state index contributed by atoms with van der Waals surface area (Å²) in [7, 11) is 1.81. The number of nitrogens with zero attached hydrogens (tertiary/aromatic N) is 2. The number of hydrogen-bond donors (Lipinski definition) is 0. The first kappa shape index (κ1) is 37.5. The van der Waals surface area contributed by atoms with E-state index in [1.165, 1.54) is 91.1 Å². The average Bonchev–Trinajstić information content (AvgIpc) is 3.08. The van der Waals surface area contributed by atoms with E-state index in [0.717, 1.165) is 30.4 Å². The molecule has 0 bridgehead atoms. The summed E-state index contributed by atoms with van der Waals surface area (Å²) in [6, 6.07) is 24.9. The molecular formula is C47H58N2. The number of allylic oxidation sites excluding steroid dienone is 3. The molecule has 5 aromatic rings. The zero-order valence-corrected chi connectivity index (χ0v) is 31.9. The third-order valence-corrected chi connectivity index (χ3v) is 9.37. The van der Waals surface area contributed by atoms with Crippen LogP contribution in [0.1, 0.15) is 102 Å². The monoisotopic (exact) mass is 650 g/mol. The van der Waals surface area contributed by atoms with E-state index in [9.17, 15) is 0 Å². The fraction of sp³-hybridized carbons (Fsp3) is 0.362. The van der Waals surface area contributed by atoms with Crippen LogP contribution >= 0.6 is 0 Å². The molecule has 256 valence electrons. The number of fused-ring (bicyclic) bond motifs is 1. The highest BCUT2D eigenvalue weighted by atomic mass is 14.7. The summed E-state index contributed by atoms with van der Waals surface area (Å²) in [4.78, 5) is 9.19. The Bertz CT molecular complexity index is 1950. The van der Waals surface area contributed by atoms with Gasteiger partial charge in [0.15, 0.2) is 0 Å². The normalized spacial score (nSPS) is 12.8. The Kier molecular flexibility index (Phi) is 12.9. The second-order valence-corrected chi connectivity index (χ2v) is 14.8. The minimum absolute atomic E-state index is 0.542. The molecule has 0 N–H and O–H groups in total. The maximum atomic E-state index is 4.99. The minimum Gasteiger partial charge on any atom is -0.296 e. The smallest absolute Gasteiger partial charge is 0.0786 e. The first-order valence-corrected chi connectivity index (χ1v) is 18.3. The zero-order chi connectivity index (χ0) is 35.7. The van der Waals surface area contributed by atoms with E-state index in [1.807, 2.05) is 19.5 Å². The lowest BCUT2D eigenvalue weighted by atomic mass is 9.83. The largest absolute Gasteiger partial charge is 0.296 e. The summed E-state index contributed by atoms with van der Waals surface area (Å²) in [6.07, 6.45) is 12.9. The first-order chi connectivity index (χ1) is 23.5. The molecule has 1 aliphatic rings. The molecule has 0 amide bonds. The molecule has 0 fully saturated rings. The van der Waals surface area contributed by atoms with Crippen LogP contribution in [-0.4, -0.2) is 18.2 Å². The lowest BCUT2D eigenvalue weighted by Gasteiger charge is -2.22. The second-order valence-electron chi connectivity index (χ2n) is 14.8. The lowest BCUT2D eigenvalue weighted by Crippen LogP contribution is -2.04. The third-order valence-electron chi connectivity index (χ3n) is 9.37. The summed E-state index contributed by atoms with van der Waals surface area (Å²) in [5, 5.41) is 3.90. The maximum Gasteiger partial charge on any atom is 0.0786 e. The quantitative estimate of drug-likeness (QED) is 0.133. The third kappa shape index (κ3) is 9.04. The van der Waals surface area contributed by atoms with E-state index in [-0.39, 0.29) is 0 Å². The Morgan fingerprint density at radius 2 is 1.53 bits per heavy atom. The Hall–Kier alpha value is -4.30. The van der Waals surface area contributed by atoms with Crippen molar-refractivity contribution in [1.29, 1.82) is 0 Å². The van der Waals surface area contributed by atoms with Crippen LogP contribution in [-0.2, 0) is 19.3 Å². The van der Waals surface area contributed by atoms with Crippen LogP contribution in [0.25, 0.3) is 49.5 Å². The van der Waals surface area contributed by atoms with Gasteiger partial charge in [-0.2, -0.15) is 0 Å². The van der Waals surface area contributed by atoms with Gasteiger partial charge in [-0.3, -0.25) is 9.98 Å². The van der Waals surface area contributed by atoms with Crippen molar-refractivity contribution in [3.63, 3.8) is 0 Å². The molecule has 0 unspecified atom stereocenters.